The number of benzene rings is 2. The SMILES string of the molecule is Fc1cc(F)c(CNc2ccc(Cl)c(Br)c2)cc1F. The van der Waals surface area contributed by atoms with Crippen LogP contribution in [0.1, 0.15) is 5.56 Å². The average molecular weight is 351 g/mol. The van der Waals surface area contributed by atoms with Gasteiger partial charge in [0.25, 0.3) is 0 Å². The minimum Gasteiger partial charge on any atom is -0.381 e. The van der Waals surface area contributed by atoms with Crippen molar-refractivity contribution in [2.24, 2.45) is 0 Å². The summed E-state index contributed by atoms with van der Waals surface area (Å²) in [5, 5.41) is 3.44. The Hall–Kier alpha value is -1.20. The number of anilines is 1. The van der Waals surface area contributed by atoms with Gasteiger partial charge in [-0.2, -0.15) is 0 Å². The maximum absolute atomic E-state index is 13.4. The molecule has 0 bridgehead atoms. The van der Waals surface area contributed by atoms with Gasteiger partial charge < -0.3 is 5.32 Å². The van der Waals surface area contributed by atoms with E-state index in [0.29, 0.717) is 21.2 Å². The Labute approximate surface area is 121 Å². The zero-order valence-corrected chi connectivity index (χ0v) is 11.8. The summed E-state index contributed by atoms with van der Waals surface area (Å²) in [5.41, 5.74) is 0.727. The monoisotopic (exact) mass is 349 g/mol. The van der Waals surface area contributed by atoms with E-state index in [9.17, 15) is 13.2 Å². The van der Waals surface area contributed by atoms with Gasteiger partial charge in [-0.15, -0.1) is 0 Å². The Kier molecular flexibility index (Phi) is 4.37. The van der Waals surface area contributed by atoms with Crippen LogP contribution >= 0.6 is 27.5 Å². The van der Waals surface area contributed by atoms with Crippen molar-refractivity contribution in [3.63, 3.8) is 0 Å². The predicted molar refractivity (Wildman–Crippen MR) is 72.8 cm³/mol. The largest absolute Gasteiger partial charge is 0.381 e. The highest BCUT2D eigenvalue weighted by Crippen LogP contribution is 2.26. The Balaban J connectivity index is 2.14. The van der Waals surface area contributed by atoms with Gasteiger partial charge in [-0.1, -0.05) is 11.6 Å². The molecule has 19 heavy (non-hydrogen) atoms. The van der Waals surface area contributed by atoms with Crippen molar-refractivity contribution < 1.29 is 13.2 Å². The molecule has 0 saturated heterocycles. The lowest BCUT2D eigenvalue weighted by atomic mass is 10.2. The number of nitrogens with one attached hydrogen (secondary N) is 1. The molecule has 0 aliphatic carbocycles. The Morgan fingerprint density at radius 2 is 1.68 bits per heavy atom. The molecular weight excluding hydrogens is 343 g/mol. The van der Waals surface area contributed by atoms with Gasteiger partial charge in [0.15, 0.2) is 11.6 Å². The number of rotatable bonds is 3. The molecule has 0 saturated carbocycles. The van der Waals surface area contributed by atoms with Crippen molar-refractivity contribution in [3.05, 3.63) is 62.8 Å². The number of halogens is 5. The van der Waals surface area contributed by atoms with E-state index in [0.717, 1.165) is 6.07 Å². The van der Waals surface area contributed by atoms with Gasteiger partial charge in [-0.3, -0.25) is 0 Å². The first-order valence-corrected chi connectivity index (χ1v) is 6.47. The van der Waals surface area contributed by atoms with Crippen molar-refractivity contribution in [2.75, 3.05) is 5.32 Å². The average Bonchev–Trinajstić information content (AvgIpc) is 2.36. The van der Waals surface area contributed by atoms with Crippen molar-refractivity contribution in [2.45, 2.75) is 6.54 Å². The van der Waals surface area contributed by atoms with Crippen LogP contribution in [-0.2, 0) is 6.54 Å². The van der Waals surface area contributed by atoms with Crippen molar-refractivity contribution in [1.82, 2.24) is 0 Å². The quantitative estimate of drug-likeness (QED) is 0.757. The van der Waals surface area contributed by atoms with Crippen LogP contribution in [-0.4, -0.2) is 0 Å². The van der Waals surface area contributed by atoms with Gasteiger partial charge in [-0.05, 0) is 40.2 Å². The minimum absolute atomic E-state index is 0.0388. The van der Waals surface area contributed by atoms with Crippen LogP contribution in [0.4, 0.5) is 18.9 Å². The lowest BCUT2D eigenvalue weighted by Crippen LogP contribution is -2.03. The van der Waals surface area contributed by atoms with Gasteiger partial charge in [0, 0.05) is 28.3 Å². The van der Waals surface area contributed by atoms with E-state index in [4.69, 9.17) is 11.6 Å². The van der Waals surface area contributed by atoms with Crippen LogP contribution in [0, 0.1) is 17.5 Å². The summed E-state index contributed by atoms with van der Waals surface area (Å²) < 4.78 is 39.9. The van der Waals surface area contributed by atoms with Crippen LogP contribution in [0.3, 0.4) is 0 Å². The third kappa shape index (κ3) is 3.42. The third-order valence-corrected chi connectivity index (χ3v) is 3.71. The zero-order chi connectivity index (χ0) is 14.0. The third-order valence-electron chi connectivity index (χ3n) is 2.49. The molecule has 0 unspecified atom stereocenters. The summed E-state index contributed by atoms with van der Waals surface area (Å²) in [6, 6.07) is 6.44. The fourth-order valence-electron chi connectivity index (χ4n) is 1.50. The predicted octanol–water partition coefficient (Wildman–Crippen LogP) is 5.13. The first-order chi connectivity index (χ1) is 8.97. The first-order valence-electron chi connectivity index (χ1n) is 5.29. The summed E-state index contributed by atoms with van der Waals surface area (Å²) in [7, 11) is 0. The van der Waals surface area contributed by atoms with Gasteiger partial charge in [-0.25, -0.2) is 13.2 Å². The van der Waals surface area contributed by atoms with E-state index in [-0.39, 0.29) is 12.1 Å². The van der Waals surface area contributed by atoms with Crippen LogP contribution in [0.5, 0.6) is 0 Å². The molecule has 6 heteroatoms. The molecule has 0 aliphatic rings. The molecule has 1 nitrogen and oxygen atoms in total. The number of hydrogen-bond donors (Lipinski definition) is 1. The topological polar surface area (TPSA) is 12.0 Å². The Morgan fingerprint density at radius 1 is 1.00 bits per heavy atom. The molecule has 100 valence electrons. The Bertz CT molecular complexity index is 619. The normalized spacial score (nSPS) is 10.6. The summed E-state index contributed by atoms with van der Waals surface area (Å²) in [4.78, 5) is 0. The maximum atomic E-state index is 13.4. The highest BCUT2D eigenvalue weighted by Gasteiger charge is 2.09. The fourth-order valence-corrected chi connectivity index (χ4v) is 2.00. The van der Waals surface area contributed by atoms with Gasteiger partial charge >= 0.3 is 0 Å². The summed E-state index contributed by atoms with van der Waals surface area (Å²) in [6.07, 6.45) is 0. The van der Waals surface area contributed by atoms with Crippen molar-refractivity contribution >= 4 is 33.2 Å². The molecule has 2 aromatic rings. The van der Waals surface area contributed by atoms with Gasteiger partial charge in [0.05, 0.1) is 5.02 Å². The molecule has 0 radical (unpaired) electrons. The second kappa shape index (κ2) is 5.84. The maximum Gasteiger partial charge on any atom is 0.161 e. The minimum atomic E-state index is -1.20. The van der Waals surface area contributed by atoms with E-state index in [2.05, 4.69) is 21.2 Å². The molecule has 0 heterocycles. The van der Waals surface area contributed by atoms with Crippen molar-refractivity contribution in [1.29, 1.82) is 0 Å². The molecular formula is C13H8BrClF3N. The molecule has 0 fully saturated rings. The molecule has 0 aromatic heterocycles. The fraction of sp³-hybridized carbons (Fsp3) is 0.0769. The lowest BCUT2D eigenvalue weighted by Gasteiger charge is -2.09. The van der Waals surface area contributed by atoms with E-state index in [1.807, 2.05) is 0 Å². The molecule has 0 spiro atoms. The standard InChI is InChI=1S/C13H8BrClF3N/c14-9-4-8(1-2-10(9)15)19-6-7-3-12(17)13(18)5-11(7)16/h1-5,19H,6H2. The van der Waals surface area contributed by atoms with Crippen LogP contribution in [0.25, 0.3) is 0 Å². The molecule has 1 N–H and O–H groups in total. The summed E-state index contributed by atoms with van der Waals surface area (Å²) >= 11 is 9.09. The van der Waals surface area contributed by atoms with E-state index < -0.39 is 17.5 Å². The van der Waals surface area contributed by atoms with Crippen LogP contribution < -0.4 is 5.32 Å². The van der Waals surface area contributed by atoms with Gasteiger partial charge in [0.1, 0.15) is 5.82 Å². The van der Waals surface area contributed by atoms with E-state index >= 15 is 0 Å². The second-order valence-electron chi connectivity index (χ2n) is 3.84. The van der Waals surface area contributed by atoms with Crippen LogP contribution in [0.2, 0.25) is 5.02 Å². The zero-order valence-electron chi connectivity index (χ0n) is 9.48. The van der Waals surface area contributed by atoms with E-state index in [1.165, 1.54) is 0 Å². The Morgan fingerprint density at radius 3 is 2.37 bits per heavy atom. The molecule has 2 rings (SSSR count). The highest BCUT2D eigenvalue weighted by atomic mass is 79.9. The smallest absolute Gasteiger partial charge is 0.161 e. The summed E-state index contributed by atoms with van der Waals surface area (Å²) in [6.45, 7) is 0.0388. The summed E-state index contributed by atoms with van der Waals surface area (Å²) in [5.74, 6) is -3.06. The molecule has 0 atom stereocenters. The first kappa shape index (κ1) is 14.2. The molecule has 0 amide bonds. The second-order valence-corrected chi connectivity index (χ2v) is 5.10. The van der Waals surface area contributed by atoms with Crippen LogP contribution in [0.15, 0.2) is 34.8 Å². The van der Waals surface area contributed by atoms with Crippen molar-refractivity contribution in [3.8, 4) is 0 Å². The molecule has 0 aliphatic heterocycles. The lowest BCUT2D eigenvalue weighted by molar-refractivity contribution is 0.490. The van der Waals surface area contributed by atoms with Gasteiger partial charge in [0.2, 0.25) is 0 Å². The highest BCUT2D eigenvalue weighted by molar-refractivity contribution is 9.10. The van der Waals surface area contributed by atoms with E-state index in [1.54, 1.807) is 18.2 Å². The molecule has 2 aromatic carbocycles. The number of hydrogen-bond acceptors (Lipinski definition) is 1.